The van der Waals surface area contributed by atoms with Crippen LogP contribution in [0.15, 0.2) is 36.9 Å². The van der Waals surface area contributed by atoms with Gasteiger partial charge in [0.2, 0.25) is 5.79 Å². The Labute approximate surface area is 240 Å². The van der Waals surface area contributed by atoms with E-state index in [4.69, 9.17) is 20.9 Å². The van der Waals surface area contributed by atoms with Crippen molar-refractivity contribution in [3.05, 3.63) is 48.3 Å². The Balaban J connectivity index is 0.000000168. The third-order valence-corrected chi connectivity index (χ3v) is 9.01. The minimum absolute atomic E-state index is 0.222. The van der Waals surface area contributed by atoms with Crippen LogP contribution >= 0.6 is 0 Å². The summed E-state index contributed by atoms with van der Waals surface area (Å²) in [6.45, 7) is 7.29. The number of anilines is 2. The normalized spacial score (nSPS) is 36.4. The number of aromatic nitrogens is 6. The van der Waals surface area contributed by atoms with Crippen LogP contribution in [0.5, 0.6) is 0 Å². The number of hydrogen-bond acceptors (Lipinski definition) is 11. The van der Waals surface area contributed by atoms with E-state index >= 15 is 8.78 Å². The maximum absolute atomic E-state index is 15.2. The van der Waals surface area contributed by atoms with Crippen LogP contribution in [-0.4, -0.2) is 80.8 Å². The molecule has 1 unspecified atom stereocenters. The Bertz CT molecular complexity index is 1490. The zero-order chi connectivity index (χ0) is 30.8. The molecule has 0 amide bonds. The predicted octanol–water partition coefficient (Wildman–Crippen LogP) is 1.64. The number of fused-ring (bicyclic) bond motifs is 2. The van der Waals surface area contributed by atoms with E-state index in [9.17, 15) is 15.3 Å². The second-order valence-electron chi connectivity index (χ2n) is 11.3. The van der Waals surface area contributed by atoms with Gasteiger partial charge in [-0.25, -0.2) is 27.8 Å². The topological polar surface area (TPSA) is 192 Å². The van der Waals surface area contributed by atoms with Crippen LogP contribution in [0.1, 0.15) is 52.4 Å². The van der Waals surface area contributed by atoms with Gasteiger partial charge in [-0.05, 0) is 51.5 Å². The quantitative estimate of drug-likeness (QED) is 0.232. The van der Waals surface area contributed by atoms with Gasteiger partial charge in [-0.3, -0.25) is 0 Å². The Morgan fingerprint density at radius 1 is 0.881 bits per heavy atom. The Morgan fingerprint density at radius 3 is 1.88 bits per heavy atom. The first kappa shape index (κ1) is 30.0. The van der Waals surface area contributed by atoms with E-state index in [0.717, 1.165) is 0 Å². The lowest BCUT2D eigenvalue weighted by atomic mass is 9.82. The molecule has 0 spiro atoms. The molecule has 42 heavy (non-hydrogen) atoms. The van der Waals surface area contributed by atoms with Crippen molar-refractivity contribution in [1.29, 1.82) is 0 Å². The van der Waals surface area contributed by atoms with E-state index in [1.807, 2.05) is 6.92 Å². The second-order valence-corrected chi connectivity index (χ2v) is 11.3. The van der Waals surface area contributed by atoms with Crippen LogP contribution in [0, 0.1) is 5.92 Å². The monoisotopic (exact) mass is 590 g/mol. The summed E-state index contributed by atoms with van der Waals surface area (Å²) in [5.41, 5.74) is 7.66. The lowest BCUT2D eigenvalue weighted by Crippen LogP contribution is -2.47. The fraction of sp³-hybridized carbons (Fsp3) is 0.556. The molecule has 6 heterocycles. The minimum atomic E-state index is -2.10. The number of alkyl halides is 2. The Kier molecular flexibility index (Phi) is 7.17. The molecule has 0 saturated carbocycles. The first-order valence-corrected chi connectivity index (χ1v) is 13.6. The number of halogens is 2. The van der Waals surface area contributed by atoms with Crippen LogP contribution in [0.2, 0.25) is 0 Å². The standard InChI is InChI=1S/C14H19FN4O2.C13H17FN4O3/c1-4-10-8(2)13(3,15)14(20,21-10)11-6-5-9-12(16)17-7-18-19(9)11;1-12(14)10(20)8(5-19)21-13(12,2)9-4-3-7-11(15)16-6-17-18(7)9/h5-8,10,20H,4H2,1-3H3,(H2,16,17,18);3-4,6,8,10,19-20H,5H2,1-2H3,(H2,15,16,17)/t8-,10-,13-,14?;8-,10-,12-,13+/m11/s1. The summed E-state index contributed by atoms with van der Waals surface area (Å²) in [7, 11) is 0. The summed E-state index contributed by atoms with van der Waals surface area (Å²) in [6, 6.07) is 6.51. The lowest BCUT2D eigenvalue weighted by molar-refractivity contribution is -0.253. The number of nitrogens with two attached hydrogens (primary N) is 2. The predicted molar refractivity (Wildman–Crippen MR) is 147 cm³/mol. The zero-order valence-corrected chi connectivity index (χ0v) is 23.9. The largest absolute Gasteiger partial charge is 0.394 e. The van der Waals surface area contributed by atoms with Gasteiger partial charge in [0.05, 0.1) is 18.4 Å². The first-order valence-electron chi connectivity index (χ1n) is 13.6. The minimum Gasteiger partial charge on any atom is -0.394 e. The molecule has 0 bridgehead atoms. The first-order chi connectivity index (χ1) is 19.7. The van der Waals surface area contributed by atoms with E-state index in [1.165, 1.54) is 42.5 Å². The van der Waals surface area contributed by atoms with Crippen LogP contribution in [0.4, 0.5) is 20.4 Å². The molecule has 0 radical (unpaired) electrons. The fourth-order valence-corrected chi connectivity index (χ4v) is 5.93. The van der Waals surface area contributed by atoms with Gasteiger partial charge in [0.15, 0.2) is 23.0 Å². The van der Waals surface area contributed by atoms with E-state index in [-0.39, 0.29) is 23.4 Å². The summed E-state index contributed by atoms with van der Waals surface area (Å²) in [6.07, 6.45) is 0.325. The molecule has 2 aliphatic heterocycles. The molecule has 4 aromatic rings. The summed E-state index contributed by atoms with van der Waals surface area (Å²) in [5, 5.41) is 38.3. The third kappa shape index (κ3) is 4.06. The molecule has 4 aromatic heterocycles. The highest BCUT2D eigenvalue weighted by molar-refractivity contribution is 5.66. The SMILES string of the molecule is CC[C@H]1OC(O)(c2ccc3c(N)ncnn23)[C@](C)(F)[C@@H]1C.C[C@@]1(c2ccc3c(N)ncnn23)O[C@H](CO)[C@@H](O)[C@@]1(C)F. The van der Waals surface area contributed by atoms with Crippen LogP contribution < -0.4 is 11.5 Å². The molecule has 0 aliphatic carbocycles. The number of ether oxygens (including phenoxy) is 2. The molecular formula is C27H36F2N8O5. The average molecular weight is 591 g/mol. The van der Waals surface area contributed by atoms with Crippen molar-refractivity contribution < 1.29 is 33.6 Å². The van der Waals surface area contributed by atoms with Crippen molar-refractivity contribution in [2.75, 3.05) is 18.1 Å². The lowest BCUT2D eigenvalue weighted by Gasteiger charge is -2.33. The second kappa shape index (κ2) is 10.1. The number of aliphatic hydroxyl groups is 3. The van der Waals surface area contributed by atoms with Gasteiger partial charge in [-0.1, -0.05) is 13.8 Å². The number of nitrogen functional groups attached to an aromatic ring is 2. The summed E-state index contributed by atoms with van der Waals surface area (Å²) >= 11 is 0. The molecule has 7 N–H and O–H groups in total. The molecule has 2 fully saturated rings. The van der Waals surface area contributed by atoms with E-state index in [0.29, 0.717) is 23.1 Å². The maximum atomic E-state index is 15.2. The molecule has 2 saturated heterocycles. The van der Waals surface area contributed by atoms with Gasteiger partial charge in [0.1, 0.15) is 47.2 Å². The molecule has 228 valence electrons. The summed E-state index contributed by atoms with van der Waals surface area (Å²) in [5.74, 6) is -1.99. The van der Waals surface area contributed by atoms with Crippen molar-refractivity contribution in [3.8, 4) is 0 Å². The maximum Gasteiger partial charge on any atom is 0.245 e. The van der Waals surface area contributed by atoms with E-state index in [2.05, 4.69) is 20.2 Å². The summed E-state index contributed by atoms with van der Waals surface area (Å²) < 4.78 is 44.4. The Morgan fingerprint density at radius 2 is 1.40 bits per heavy atom. The van der Waals surface area contributed by atoms with Crippen molar-refractivity contribution in [2.24, 2.45) is 5.92 Å². The highest BCUT2D eigenvalue weighted by Gasteiger charge is 2.64. The summed E-state index contributed by atoms with van der Waals surface area (Å²) in [4.78, 5) is 7.76. The molecule has 13 nitrogen and oxygen atoms in total. The third-order valence-electron chi connectivity index (χ3n) is 9.01. The van der Waals surface area contributed by atoms with E-state index in [1.54, 1.807) is 31.2 Å². The molecular weight excluding hydrogens is 554 g/mol. The number of rotatable bonds is 4. The average Bonchev–Trinajstić information content (AvgIpc) is 3.67. The highest BCUT2D eigenvalue weighted by Crippen LogP contribution is 2.52. The van der Waals surface area contributed by atoms with Crippen LogP contribution in [-0.2, 0) is 20.9 Å². The van der Waals surface area contributed by atoms with Gasteiger partial charge in [-0.15, -0.1) is 0 Å². The number of hydrogen-bond donors (Lipinski definition) is 5. The van der Waals surface area contributed by atoms with Gasteiger partial charge in [0.25, 0.3) is 0 Å². The molecule has 15 heteroatoms. The zero-order valence-electron chi connectivity index (χ0n) is 23.9. The Hall–Kier alpha value is -3.50. The van der Waals surface area contributed by atoms with E-state index < -0.39 is 47.5 Å². The van der Waals surface area contributed by atoms with Crippen LogP contribution in [0.3, 0.4) is 0 Å². The van der Waals surface area contributed by atoms with Crippen LogP contribution in [0.25, 0.3) is 11.0 Å². The van der Waals surface area contributed by atoms with Gasteiger partial charge >= 0.3 is 0 Å². The van der Waals surface area contributed by atoms with Crippen molar-refractivity contribution >= 4 is 22.7 Å². The fourth-order valence-electron chi connectivity index (χ4n) is 5.93. The molecule has 2 aliphatic rings. The molecule has 0 aromatic carbocycles. The highest BCUT2D eigenvalue weighted by atomic mass is 19.1. The number of aliphatic hydroxyl groups excluding tert-OH is 2. The van der Waals surface area contributed by atoms with Crippen molar-refractivity contribution in [3.63, 3.8) is 0 Å². The van der Waals surface area contributed by atoms with Gasteiger partial charge in [0, 0.05) is 5.92 Å². The molecule has 8 atom stereocenters. The smallest absolute Gasteiger partial charge is 0.245 e. The number of nitrogens with zero attached hydrogens (tertiary/aromatic N) is 6. The van der Waals surface area contributed by atoms with Crippen molar-refractivity contribution in [1.82, 2.24) is 29.2 Å². The van der Waals surface area contributed by atoms with Gasteiger partial charge < -0.3 is 36.3 Å². The van der Waals surface area contributed by atoms with Gasteiger partial charge in [-0.2, -0.15) is 10.2 Å². The molecule has 6 rings (SSSR count). The van der Waals surface area contributed by atoms with Crippen molar-refractivity contribution in [2.45, 2.75) is 82.1 Å².